The number of aliphatic carboxylic acids is 2. The van der Waals surface area contributed by atoms with Crippen molar-refractivity contribution in [3.63, 3.8) is 0 Å². The SMILES string of the molecule is NC(CO)C(=O)NC(Cc1ccc(O)cc1)C(=O)NC(Cc1c[nH]c2ccccc12)C(=O)NC(CC(=O)O)C(=O)O. The number of carboxylic acids is 2. The van der Waals surface area contributed by atoms with Gasteiger partial charge in [-0.25, -0.2) is 4.79 Å². The Bertz CT molecular complexity index is 1410. The number of H-pyrrole nitrogens is 1. The Hall–Kier alpha value is -4.95. The van der Waals surface area contributed by atoms with Crippen molar-refractivity contribution in [1.29, 1.82) is 0 Å². The number of aromatic amines is 1. The number of carbonyl (C=O) groups is 5. The van der Waals surface area contributed by atoms with Crippen LogP contribution in [0.4, 0.5) is 0 Å². The largest absolute Gasteiger partial charge is 0.508 e. The highest BCUT2D eigenvalue weighted by Gasteiger charge is 2.32. The van der Waals surface area contributed by atoms with Crippen LogP contribution in [0.25, 0.3) is 10.9 Å². The van der Waals surface area contributed by atoms with Gasteiger partial charge < -0.3 is 47.1 Å². The minimum Gasteiger partial charge on any atom is -0.508 e. The molecule has 0 radical (unpaired) electrons. The van der Waals surface area contributed by atoms with E-state index in [2.05, 4.69) is 20.9 Å². The van der Waals surface area contributed by atoms with Crippen molar-refractivity contribution in [2.75, 3.05) is 6.61 Å². The van der Waals surface area contributed by atoms with Crippen molar-refractivity contribution in [1.82, 2.24) is 20.9 Å². The number of aromatic hydroxyl groups is 1. The maximum Gasteiger partial charge on any atom is 0.326 e. The van der Waals surface area contributed by atoms with Crippen LogP contribution in [0, 0.1) is 0 Å². The molecule has 4 unspecified atom stereocenters. The molecule has 41 heavy (non-hydrogen) atoms. The van der Waals surface area contributed by atoms with Crippen molar-refractivity contribution in [2.45, 2.75) is 43.4 Å². The van der Waals surface area contributed by atoms with Crippen molar-refractivity contribution >= 4 is 40.6 Å². The first-order valence-electron chi connectivity index (χ1n) is 12.5. The fourth-order valence-electron chi connectivity index (χ4n) is 4.09. The summed E-state index contributed by atoms with van der Waals surface area (Å²) in [7, 11) is 0. The van der Waals surface area contributed by atoms with Crippen molar-refractivity contribution in [2.24, 2.45) is 5.73 Å². The highest BCUT2D eigenvalue weighted by molar-refractivity contribution is 5.95. The van der Waals surface area contributed by atoms with Crippen LogP contribution in [0.5, 0.6) is 5.75 Å². The highest BCUT2D eigenvalue weighted by Crippen LogP contribution is 2.19. The molecule has 10 N–H and O–H groups in total. The lowest BCUT2D eigenvalue weighted by molar-refractivity contribution is -0.147. The maximum absolute atomic E-state index is 13.5. The number of aliphatic hydroxyl groups is 1. The second-order valence-corrected chi connectivity index (χ2v) is 9.34. The molecule has 0 aliphatic carbocycles. The van der Waals surface area contributed by atoms with E-state index in [9.17, 15) is 39.3 Å². The van der Waals surface area contributed by atoms with Gasteiger partial charge in [0.15, 0.2) is 0 Å². The first kappa shape index (κ1) is 30.6. The monoisotopic (exact) mass is 569 g/mol. The Morgan fingerprint density at radius 2 is 1.39 bits per heavy atom. The molecular weight excluding hydrogens is 538 g/mol. The summed E-state index contributed by atoms with van der Waals surface area (Å²) in [6.07, 6.45) is 0.525. The summed E-state index contributed by atoms with van der Waals surface area (Å²) in [5, 5.41) is 45.2. The number of nitrogens with two attached hydrogens (primary N) is 1. The molecule has 218 valence electrons. The summed E-state index contributed by atoms with van der Waals surface area (Å²) in [5.41, 5.74) is 7.48. The Balaban J connectivity index is 1.91. The number of carbonyl (C=O) groups excluding carboxylic acids is 3. The number of para-hydroxylation sites is 1. The number of carboxylic acid groups (broad SMARTS) is 2. The quantitative estimate of drug-likeness (QED) is 0.114. The van der Waals surface area contributed by atoms with Gasteiger partial charge in [-0.3, -0.25) is 19.2 Å². The van der Waals surface area contributed by atoms with Gasteiger partial charge in [-0.15, -0.1) is 0 Å². The van der Waals surface area contributed by atoms with Crippen LogP contribution in [-0.4, -0.2) is 85.8 Å². The lowest BCUT2D eigenvalue weighted by Gasteiger charge is -2.25. The molecule has 14 heteroatoms. The average molecular weight is 570 g/mol. The number of hydrogen-bond acceptors (Lipinski definition) is 8. The van der Waals surface area contributed by atoms with Crippen LogP contribution in [0.1, 0.15) is 17.5 Å². The van der Waals surface area contributed by atoms with Gasteiger partial charge in [-0.2, -0.15) is 0 Å². The third-order valence-electron chi connectivity index (χ3n) is 6.27. The molecule has 3 rings (SSSR count). The zero-order chi connectivity index (χ0) is 30.1. The van der Waals surface area contributed by atoms with E-state index >= 15 is 0 Å². The van der Waals surface area contributed by atoms with Gasteiger partial charge in [0.25, 0.3) is 0 Å². The zero-order valence-corrected chi connectivity index (χ0v) is 21.7. The third kappa shape index (κ3) is 8.52. The molecule has 2 aromatic carbocycles. The van der Waals surface area contributed by atoms with Crippen molar-refractivity contribution in [3.8, 4) is 5.75 Å². The zero-order valence-electron chi connectivity index (χ0n) is 21.7. The first-order chi connectivity index (χ1) is 19.5. The van der Waals surface area contributed by atoms with Crippen LogP contribution in [-0.2, 0) is 36.8 Å². The van der Waals surface area contributed by atoms with Crippen LogP contribution in [0.3, 0.4) is 0 Å². The van der Waals surface area contributed by atoms with Gasteiger partial charge in [0.1, 0.15) is 29.9 Å². The van der Waals surface area contributed by atoms with Crippen molar-refractivity contribution in [3.05, 3.63) is 65.9 Å². The Kier molecular flexibility index (Phi) is 10.4. The molecule has 14 nitrogen and oxygen atoms in total. The molecule has 3 amide bonds. The number of rotatable bonds is 14. The van der Waals surface area contributed by atoms with Gasteiger partial charge in [-0.05, 0) is 29.3 Å². The highest BCUT2D eigenvalue weighted by atomic mass is 16.4. The minimum atomic E-state index is -1.77. The predicted molar refractivity (Wildman–Crippen MR) is 145 cm³/mol. The van der Waals surface area contributed by atoms with E-state index in [-0.39, 0.29) is 18.6 Å². The van der Waals surface area contributed by atoms with Crippen LogP contribution in [0.2, 0.25) is 0 Å². The van der Waals surface area contributed by atoms with Gasteiger partial charge >= 0.3 is 11.9 Å². The van der Waals surface area contributed by atoms with E-state index in [0.29, 0.717) is 11.1 Å². The Morgan fingerprint density at radius 3 is 2.00 bits per heavy atom. The van der Waals surface area contributed by atoms with Gasteiger partial charge in [0, 0.05) is 29.9 Å². The van der Waals surface area contributed by atoms with Gasteiger partial charge in [-0.1, -0.05) is 30.3 Å². The van der Waals surface area contributed by atoms with E-state index < -0.39 is 66.9 Å². The standard InChI is InChI=1S/C27H31N5O9/c28-18(13-33)24(37)30-20(9-14-5-7-16(34)8-6-14)25(38)31-21(26(39)32-22(27(40)41)11-23(35)36)10-15-12-29-19-4-2-1-3-17(15)19/h1-8,12,18,20-22,29,33-34H,9-11,13,28H2,(H,30,37)(H,31,38)(H,32,39)(H,35,36)(H,40,41). The summed E-state index contributed by atoms with van der Waals surface area (Å²) in [5.74, 6) is -5.68. The first-order valence-corrected chi connectivity index (χ1v) is 12.5. The molecule has 0 spiro atoms. The number of aromatic nitrogens is 1. The lowest BCUT2D eigenvalue weighted by Crippen LogP contribution is -2.58. The number of fused-ring (bicyclic) bond motifs is 1. The summed E-state index contributed by atoms with van der Waals surface area (Å²) in [6, 6.07) is 7.18. The molecule has 0 bridgehead atoms. The van der Waals surface area contributed by atoms with Gasteiger partial charge in [0.2, 0.25) is 17.7 Å². The Morgan fingerprint density at radius 1 is 0.805 bits per heavy atom. The van der Waals surface area contributed by atoms with Crippen LogP contribution in [0.15, 0.2) is 54.7 Å². The molecule has 3 aromatic rings. The lowest BCUT2D eigenvalue weighted by atomic mass is 10.0. The number of phenolic OH excluding ortho intramolecular Hbond substituents is 1. The number of amides is 3. The number of aliphatic hydroxyl groups excluding tert-OH is 1. The molecule has 0 saturated carbocycles. The van der Waals surface area contributed by atoms with E-state index in [1.165, 1.54) is 24.3 Å². The number of nitrogens with one attached hydrogen (secondary N) is 4. The average Bonchev–Trinajstić information content (AvgIpc) is 3.34. The molecule has 1 aromatic heterocycles. The predicted octanol–water partition coefficient (Wildman–Crippen LogP) is -1.01. The molecule has 0 aliphatic rings. The van der Waals surface area contributed by atoms with E-state index in [1.807, 2.05) is 0 Å². The summed E-state index contributed by atoms with van der Waals surface area (Å²) in [4.78, 5) is 65.0. The normalized spacial score (nSPS) is 13.9. The molecule has 0 aliphatic heterocycles. The second kappa shape index (κ2) is 13.9. The minimum absolute atomic E-state index is 0.0223. The van der Waals surface area contributed by atoms with Crippen molar-refractivity contribution < 1.29 is 44.4 Å². The number of hydrogen-bond donors (Lipinski definition) is 9. The van der Waals surface area contributed by atoms with E-state index in [1.54, 1.807) is 30.5 Å². The number of phenols is 1. The summed E-state index contributed by atoms with van der Waals surface area (Å²) in [6.45, 7) is -0.689. The Labute approximate surface area is 233 Å². The molecule has 1 heterocycles. The maximum atomic E-state index is 13.5. The summed E-state index contributed by atoms with van der Waals surface area (Å²) >= 11 is 0. The number of benzene rings is 2. The topological polar surface area (TPSA) is 244 Å². The molecular formula is C27H31N5O9. The smallest absolute Gasteiger partial charge is 0.326 e. The molecule has 0 saturated heterocycles. The van der Waals surface area contributed by atoms with Crippen LogP contribution >= 0.6 is 0 Å². The fourth-order valence-corrected chi connectivity index (χ4v) is 4.09. The third-order valence-corrected chi connectivity index (χ3v) is 6.27. The van der Waals surface area contributed by atoms with Crippen LogP contribution < -0.4 is 21.7 Å². The van der Waals surface area contributed by atoms with Gasteiger partial charge in [0.05, 0.1) is 13.0 Å². The second-order valence-electron chi connectivity index (χ2n) is 9.34. The summed E-state index contributed by atoms with van der Waals surface area (Å²) < 4.78 is 0. The fraction of sp³-hybridized carbons (Fsp3) is 0.296. The molecule has 4 atom stereocenters. The van der Waals surface area contributed by atoms with E-state index in [0.717, 1.165) is 10.9 Å². The van der Waals surface area contributed by atoms with E-state index in [4.69, 9.17) is 10.8 Å². The molecule has 0 fully saturated rings.